The molecule has 0 heterocycles. The van der Waals surface area contributed by atoms with Gasteiger partial charge in [0.15, 0.2) is 0 Å². The number of hydrogen-bond donors (Lipinski definition) is 0. The molecule has 50 heavy (non-hydrogen) atoms. The molecule has 1 nitrogen and oxygen atoms in total. The Morgan fingerprint density at radius 2 is 0.640 bits per heavy atom. The molecule has 0 atom stereocenters. The summed E-state index contributed by atoms with van der Waals surface area (Å²) in [6.07, 6.45) is 0. The van der Waals surface area contributed by atoms with Gasteiger partial charge in [0.2, 0.25) is 0 Å². The predicted molar refractivity (Wildman–Crippen MR) is 211 cm³/mol. The Labute approximate surface area is 295 Å². The van der Waals surface area contributed by atoms with E-state index in [2.05, 4.69) is 186 Å². The molecule has 10 rings (SSSR count). The van der Waals surface area contributed by atoms with Crippen LogP contribution >= 0.6 is 0 Å². The lowest BCUT2D eigenvalue weighted by Gasteiger charge is -2.31. The maximum atomic E-state index is 2.51. The fourth-order valence-corrected chi connectivity index (χ4v) is 9.66. The van der Waals surface area contributed by atoms with Gasteiger partial charge >= 0.3 is 0 Å². The van der Waals surface area contributed by atoms with Crippen LogP contribution < -0.4 is 4.90 Å². The van der Waals surface area contributed by atoms with Crippen LogP contribution in [-0.4, -0.2) is 0 Å². The minimum Gasteiger partial charge on any atom is -0.310 e. The zero-order valence-electron chi connectivity index (χ0n) is 29.7. The molecule has 7 aromatic carbocycles. The molecule has 0 radical (unpaired) electrons. The van der Waals surface area contributed by atoms with Crippen LogP contribution in [0.3, 0.4) is 0 Å². The predicted octanol–water partition coefficient (Wildman–Crippen LogP) is 13.2. The van der Waals surface area contributed by atoms with Crippen molar-refractivity contribution in [1.29, 1.82) is 0 Å². The van der Waals surface area contributed by atoms with E-state index in [0.717, 1.165) is 0 Å². The Hall–Kier alpha value is -5.40. The average molecular weight is 644 g/mol. The topological polar surface area (TPSA) is 3.24 Å². The summed E-state index contributed by atoms with van der Waals surface area (Å²) < 4.78 is 0. The molecule has 0 bridgehead atoms. The van der Waals surface area contributed by atoms with Crippen LogP contribution in [0.1, 0.15) is 74.9 Å². The summed E-state index contributed by atoms with van der Waals surface area (Å²) >= 11 is 0. The summed E-state index contributed by atoms with van der Waals surface area (Å²) in [6.45, 7) is 14.3. The van der Waals surface area contributed by atoms with Gasteiger partial charge < -0.3 is 4.90 Å². The second-order valence-electron chi connectivity index (χ2n) is 16.2. The zero-order valence-corrected chi connectivity index (χ0v) is 29.7. The first-order valence-electron chi connectivity index (χ1n) is 18.0. The summed E-state index contributed by atoms with van der Waals surface area (Å²) in [7, 11) is 0. The van der Waals surface area contributed by atoms with Gasteiger partial charge in [-0.1, -0.05) is 133 Å². The number of nitrogens with zero attached hydrogens (tertiary/aromatic N) is 1. The van der Waals surface area contributed by atoms with Crippen LogP contribution in [0.2, 0.25) is 0 Å². The van der Waals surface area contributed by atoms with Crippen molar-refractivity contribution in [2.75, 3.05) is 4.90 Å². The van der Waals surface area contributed by atoms with E-state index >= 15 is 0 Å². The minimum atomic E-state index is -0.125. The molecule has 0 aliphatic heterocycles. The molecule has 0 saturated carbocycles. The van der Waals surface area contributed by atoms with Gasteiger partial charge in [-0.25, -0.2) is 0 Å². The molecule has 0 unspecified atom stereocenters. The van der Waals surface area contributed by atoms with Crippen molar-refractivity contribution in [3.8, 4) is 33.4 Å². The molecule has 0 N–H and O–H groups in total. The Kier molecular flexibility index (Phi) is 5.82. The molecule has 242 valence electrons. The first-order valence-corrected chi connectivity index (χ1v) is 18.0. The van der Waals surface area contributed by atoms with E-state index in [9.17, 15) is 0 Å². The van der Waals surface area contributed by atoms with Crippen molar-refractivity contribution in [2.45, 2.75) is 57.8 Å². The quantitative estimate of drug-likeness (QED) is 0.185. The second kappa shape index (κ2) is 9.86. The SMILES string of the molecule is CC1(C)c2ccccc2-c2ccc(N(c3ccc4c(c3)C(C)(C)c3ccccc3-4)c3ccc4c(c3)C(C)(C)c3cc5ccccc5cc3-4)cc21. The van der Waals surface area contributed by atoms with Crippen LogP contribution in [0.15, 0.2) is 140 Å². The van der Waals surface area contributed by atoms with Gasteiger partial charge in [-0.3, -0.25) is 0 Å². The molecule has 1 heteroatoms. The molecule has 7 aromatic rings. The molecule has 3 aliphatic rings. The lowest BCUT2D eigenvalue weighted by Crippen LogP contribution is -2.19. The molecule has 0 fully saturated rings. The maximum absolute atomic E-state index is 2.51. The van der Waals surface area contributed by atoms with Gasteiger partial charge in [-0.2, -0.15) is 0 Å². The van der Waals surface area contributed by atoms with E-state index in [4.69, 9.17) is 0 Å². The van der Waals surface area contributed by atoms with E-state index in [1.807, 2.05) is 0 Å². The molecule has 0 spiro atoms. The number of fused-ring (bicyclic) bond motifs is 10. The second-order valence-corrected chi connectivity index (χ2v) is 16.2. The van der Waals surface area contributed by atoms with Gasteiger partial charge in [-0.05, 0) is 126 Å². The third-order valence-corrected chi connectivity index (χ3v) is 12.4. The lowest BCUT2D eigenvalue weighted by molar-refractivity contribution is 0.659. The standard InChI is InChI=1S/C49H41N/c1-47(2)41-17-11-9-15-35(41)37-22-19-32(27-44(37)47)50(33-20-23-38-36-16-10-12-18-42(36)48(3,4)45(38)28-33)34-21-24-39-40-25-30-13-7-8-14-31(30)26-43(40)49(5,6)46(39)29-34/h7-29H,1-6H3. The number of hydrogen-bond acceptors (Lipinski definition) is 1. The summed E-state index contributed by atoms with van der Waals surface area (Å²) in [5, 5.41) is 2.60. The highest BCUT2D eigenvalue weighted by Crippen LogP contribution is 2.55. The Balaban J connectivity index is 1.18. The van der Waals surface area contributed by atoms with Gasteiger partial charge in [0, 0.05) is 33.3 Å². The Bertz CT molecular complexity index is 2470. The van der Waals surface area contributed by atoms with Crippen molar-refractivity contribution in [1.82, 2.24) is 0 Å². The van der Waals surface area contributed by atoms with Crippen LogP contribution in [0, 0.1) is 0 Å². The number of benzene rings is 7. The van der Waals surface area contributed by atoms with Crippen molar-refractivity contribution >= 4 is 27.8 Å². The molecule has 0 saturated heterocycles. The first-order chi connectivity index (χ1) is 24.0. The molecule has 0 aromatic heterocycles. The fourth-order valence-electron chi connectivity index (χ4n) is 9.66. The van der Waals surface area contributed by atoms with Crippen LogP contribution in [0.25, 0.3) is 44.2 Å². The first kappa shape index (κ1) is 29.5. The molecular weight excluding hydrogens is 603 g/mol. The van der Waals surface area contributed by atoms with Gasteiger partial charge in [-0.15, -0.1) is 0 Å². The smallest absolute Gasteiger partial charge is 0.0465 e. The molecule has 0 amide bonds. The summed E-state index contributed by atoms with van der Waals surface area (Å²) in [6, 6.07) is 52.9. The monoisotopic (exact) mass is 643 g/mol. The van der Waals surface area contributed by atoms with E-state index < -0.39 is 0 Å². The van der Waals surface area contributed by atoms with Crippen LogP contribution in [0.5, 0.6) is 0 Å². The Morgan fingerprint density at radius 3 is 1.12 bits per heavy atom. The van der Waals surface area contributed by atoms with Gasteiger partial charge in [0.05, 0.1) is 0 Å². The number of rotatable bonds is 3. The molecular formula is C49H41N. The van der Waals surface area contributed by atoms with Crippen molar-refractivity contribution in [2.24, 2.45) is 0 Å². The normalized spacial score (nSPS) is 16.3. The highest BCUT2D eigenvalue weighted by atomic mass is 15.1. The van der Waals surface area contributed by atoms with Gasteiger partial charge in [0.1, 0.15) is 0 Å². The van der Waals surface area contributed by atoms with Gasteiger partial charge in [0.25, 0.3) is 0 Å². The van der Waals surface area contributed by atoms with E-state index in [1.165, 1.54) is 94.6 Å². The number of anilines is 3. The van der Waals surface area contributed by atoms with E-state index in [1.54, 1.807) is 0 Å². The summed E-state index contributed by atoms with van der Waals surface area (Å²) in [5.74, 6) is 0. The maximum Gasteiger partial charge on any atom is 0.0465 e. The minimum absolute atomic E-state index is 0.0846. The highest BCUT2D eigenvalue weighted by Gasteiger charge is 2.39. The van der Waals surface area contributed by atoms with Crippen LogP contribution in [0.4, 0.5) is 17.1 Å². The summed E-state index contributed by atoms with van der Waals surface area (Å²) in [5.41, 5.74) is 19.7. The highest BCUT2D eigenvalue weighted by molar-refractivity contribution is 5.95. The fraction of sp³-hybridized carbons (Fsp3) is 0.184. The average Bonchev–Trinajstić information content (AvgIpc) is 3.60. The third-order valence-electron chi connectivity index (χ3n) is 12.4. The lowest BCUT2D eigenvalue weighted by atomic mass is 9.81. The molecule has 3 aliphatic carbocycles. The summed E-state index contributed by atoms with van der Waals surface area (Å²) in [4.78, 5) is 2.51. The van der Waals surface area contributed by atoms with E-state index in [0.29, 0.717) is 0 Å². The van der Waals surface area contributed by atoms with Crippen LogP contribution in [-0.2, 0) is 16.2 Å². The zero-order chi connectivity index (χ0) is 34.2. The van der Waals surface area contributed by atoms with Crippen molar-refractivity contribution in [3.63, 3.8) is 0 Å². The van der Waals surface area contributed by atoms with Crippen molar-refractivity contribution < 1.29 is 0 Å². The largest absolute Gasteiger partial charge is 0.310 e. The van der Waals surface area contributed by atoms with Crippen molar-refractivity contribution in [3.05, 3.63) is 173 Å². The van der Waals surface area contributed by atoms with E-state index in [-0.39, 0.29) is 16.2 Å². The third kappa shape index (κ3) is 3.84. The Morgan fingerprint density at radius 1 is 0.300 bits per heavy atom.